The van der Waals surface area contributed by atoms with Crippen LogP contribution in [0.4, 0.5) is 10.1 Å². The van der Waals surface area contributed by atoms with E-state index in [1.54, 1.807) is 12.3 Å². The van der Waals surface area contributed by atoms with Gasteiger partial charge in [-0.2, -0.15) is 0 Å². The van der Waals surface area contributed by atoms with Gasteiger partial charge in [-0.05, 0) is 36.3 Å². The lowest BCUT2D eigenvalue weighted by Gasteiger charge is -2.00. The molecule has 14 heavy (non-hydrogen) atoms. The smallest absolute Gasteiger partial charge is 0.123 e. The van der Waals surface area contributed by atoms with E-state index in [4.69, 9.17) is 0 Å². The summed E-state index contributed by atoms with van der Waals surface area (Å²) in [5.74, 6) is -0.195. The number of halogens is 1. The van der Waals surface area contributed by atoms with E-state index < -0.39 is 0 Å². The van der Waals surface area contributed by atoms with Crippen LogP contribution in [0.5, 0.6) is 0 Å². The Balaban J connectivity index is 0.000000461. The van der Waals surface area contributed by atoms with Gasteiger partial charge in [0.1, 0.15) is 5.82 Å². The number of hydrogen-bond donors (Lipinski definition) is 0. The van der Waals surface area contributed by atoms with Crippen molar-refractivity contribution in [3.05, 3.63) is 41.7 Å². The number of benzene rings is 1. The molecule has 1 aromatic rings. The van der Waals surface area contributed by atoms with Crippen LogP contribution < -0.4 is 0 Å². The third-order valence-corrected chi connectivity index (χ3v) is 1.82. The van der Waals surface area contributed by atoms with Crippen molar-refractivity contribution in [1.82, 2.24) is 0 Å². The summed E-state index contributed by atoms with van der Waals surface area (Å²) in [5, 5.41) is 0. The number of fused-ring (bicyclic) bond motifs is 1. The maximum atomic E-state index is 12.8. The quantitative estimate of drug-likeness (QED) is 0.593. The van der Waals surface area contributed by atoms with E-state index in [0.29, 0.717) is 0 Å². The zero-order valence-corrected chi connectivity index (χ0v) is 8.50. The Hall–Kier alpha value is -1.44. The first-order valence-electron chi connectivity index (χ1n) is 4.84. The molecule has 0 aliphatic carbocycles. The van der Waals surface area contributed by atoms with Gasteiger partial charge in [-0.25, -0.2) is 4.39 Å². The molecule has 1 nitrogen and oxygen atoms in total. The minimum Gasteiger partial charge on any atom is -0.257 e. The van der Waals surface area contributed by atoms with Gasteiger partial charge in [-0.1, -0.05) is 19.9 Å². The second kappa shape index (κ2) is 5.32. The third-order valence-electron chi connectivity index (χ3n) is 1.82. The molecule has 0 atom stereocenters. The summed E-state index contributed by atoms with van der Waals surface area (Å²) in [6, 6.07) is 4.66. The van der Waals surface area contributed by atoms with Gasteiger partial charge in [0.2, 0.25) is 0 Å². The first kappa shape index (κ1) is 10.6. The Morgan fingerprint density at radius 3 is 2.86 bits per heavy atom. The topological polar surface area (TPSA) is 12.4 Å². The molecule has 0 radical (unpaired) electrons. The molecule has 1 aliphatic rings. The zero-order valence-electron chi connectivity index (χ0n) is 8.50. The summed E-state index contributed by atoms with van der Waals surface area (Å²) in [5.41, 5.74) is 1.81. The highest BCUT2D eigenvalue weighted by Crippen LogP contribution is 2.21. The van der Waals surface area contributed by atoms with Crippen LogP contribution >= 0.6 is 0 Å². The first-order valence-corrected chi connectivity index (χ1v) is 4.84. The van der Waals surface area contributed by atoms with E-state index in [0.717, 1.165) is 17.7 Å². The Kier molecular flexibility index (Phi) is 4.05. The number of hydrogen-bond acceptors (Lipinski definition) is 1. The average Bonchev–Trinajstić information content (AvgIpc) is 2.45. The van der Waals surface area contributed by atoms with Gasteiger partial charge in [-0.3, -0.25) is 4.99 Å². The first-order chi connectivity index (χ1) is 6.86. The second-order valence-corrected chi connectivity index (χ2v) is 2.68. The summed E-state index contributed by atoms with van der Waals surface area (Å²) in [6.45, 7) is 4.00. The number of allylic oxidation sites excluding steroid dienone is 2. The minimum atomic E-state index is -0.195. The number of nitrogens with zero attached hydrogens (tertiary/aromatic N) is 1. The summed E-state index contributed by atoms with van der Waals surface area (Å²) in [7, 11) is 0. The van der Waals surface area contributed by atoms with Crippen molar-refractivity contribution in [1.29, 1.82) is 0 Å². The average molecular weight is 191 g/mol. The molecule has 2 heteroatoms. The molecule has 0 amide bonds. The van der Waals surface area contributed by atoms with Crippen molar-refractivity contribution in [3.8, 4) is 0 Å². The van der Waals surface area contributed by atoms with Crippen molar-refractivity contribution < 1.29 is 4.39 Å². The molecule has 0 saturated carbocycles. The Morgan fingerprint density at radius 2 is 2.07 bits per heavy atom. The monoisotopic (exact) mass is 191 g/mol. The van der Waals surface area contributed by atoms with Crippen molar-refractivity contribution in [2.24, 2.45) is 4.99 Å². The summed E-state index contributed by atoms with van der Waals surface area (Å²) in [4.78, 5) is 4.15. The number of aliphatic imine (C=N–C) groups is 1. The van der Waals surface area contributed by atoms with Crippen LogP contribution in [0.15, 0.2) is 35.3 Å². The van der Waals surface area contributed by atoms with E-state index in [9.17, 15) is 4.39 Å². The fraction of sp³-hybridized carbons (Fsp3) is 0.250. The van der Waals surface area contributed by atoms with Crippen molar-refractivity contribution in [3.63, 3.8) is 0 Å². The van der Waals surface area contributed by atoms with Crippen LogP contribution in [0.2, 0.25) is 0 Å². The van der Waals surface area contributed by atoms with Gasteiger partial charge < -0.3 is 0 Å². The molecular weight excluding hydrogens is 177 g/mol. The third kappa shape index (κ3) is 2.52. The highest BCUT2D eigenvalue weighted by molar-refractivity contribution is 5.76. The summed E-state index contributed by atoms with van der Waals surface area (Å²) in [6.07, 6.45) is 6.32. The maximum Gasteiger partial charge on any atom is 0.123 e. The molecule has 0 bridgehead atoms. The Bertz CT molecular complexity index is 353. The van der Waals surface area contributed by atoms with E-state index in [1.165, 1.54) is 12.1 Å². The molecule has 0 spiro atoms. The van der Waals surface area contributed by atoms with Gasteiger partial charge in [0, 0.05) is 6.21 Å². The van der Waals surface area contributed by atoms with Gasteiger partial charge in [0.25, 0.3) is 0 Å². The highest BCUT2D eigenvalue weighted by atomic mass is 19.1. The van der Waals surface area contributed by atoms with Crippen LogP contribution in [0.25, 0.3) is 0 Å². The molecule has 74 valence electrons. The maximum absolute atomic E-state index is 12.8. The van der Waals surface area contributed by atoms with Gasteiger partial charge in [-0.15, -0.1) is 0 Å². The van der Waals surface area contributed by atoms with E-state index >= 15 is 0 Å². The van der Waals surface area contributed by atoms with Crippen LogP contribution in [-0.4, -0.2) is 6.21 Å². The number of rotatable bonds is 0. The molecule has 0 N–H and O–H groups in total. The second-order valence-electron chi connectivity index (χ2n) is 2.68. The molecular formula is C12H14FN. The SMILES string of the molecule is CC.Fc1ccc2c(c1)CC=CC=N2. The normalized spacial score (nSPS) is 12.5. The predicted molar refractivity (Wildman–Crippen MR) is 58.7 cm³/mol. The lowest BCUT2D eigenvalue weighted by molar-refractivity contribution is 0.626. The van der Waals surface area contributed by atoms with Crippen molar-refractivity contribution in [2.45, 2.75) is 20.3 Å². The molecule has 1 heterocycles. The molecule has 2 rings (SSSR count). The minimum absolute atomic E-state index is 0.195. The molecule has 0 aromatic heterocycles. The molecule has 0 fully saturated rings. The van der Waals surface area contributed by atoms with Gasteiger partial charge in [0.05, 0.1) is 5.69 Å². The van der Waals surface area contributed by atoms with Crippen LogP contribution in [0.1, 0.15) is 19.4 Å². The fourth-order valence-corrected chi connectivity index (χ4v) is 1.22. The van der Waals surface area contributed by atoms with E-state index in [2.05, 4.69) is 4.99 Å². The fourth-order valence-electron chi connectivity index (χ4n) is 1.22. The highest BCUT2D eigenvalue weighted by Gasteiger charge is 2.02. The molecule has 1 aliphatic heterocycles. The summed E-state index contributed by atoms with van der Waals surface area (Å²) >= 11 is 0. The van der Waals surface area contributed by atoms with Crippen LogP contribution in [-0.2, 0) is 6.42 Å². The summed E-state index contributed by atoms with van der Waals surface area (Å²) < 4.78 is 12.8. The standard InChI is InChI=1S/C10H8FN.C2H6/c11-9-4-5-10-8(7-9)3-1-2-6-12-10;1-2/h1-2,4-7H,3H2;1-2H3. The Labute approximate surface area is 84.0 Å². The molecule has 0 saturated heterocycles. The van der Waals surface area contributed by atoms with Crippen molar-refractivity contribution >= 4 is 11.9 Å². The van der Waals surface area contributed by atoms with Crippen LogP contribution in [0.3, 0.4) is 0 Å². The zero-order chi connectivity index (χ0) is 10.4. The molecule has 1 aromatic carbocycles. The van der Waals surface area contributed by atoms with E-state index in [1.807, 2.05) is 26.0 Å². The predicted octanol–water partition coefficient (Wildman–Crippen LogP) is 3.67. The van der Waals surface area contributed by atoms with Crippen LogP contribution in [0, 0.1) is 5.82 Å². The van der Waals surface area contributed by atoms with E-state index in [-0.39, 0.29) is 5.82 Å². The molecule has 0 unspecified atom stereocenters. The van der Waals surface area contributed by atoms with Gasteiger partial charge in [0.15, 0.2) is 0 Å². The Morgan fingerprint density at radius 1 is 1.29 bits per heavy atom. The largest absolute Gasteiger partial charge is 0.257 e. The lowest BCUT2D eigenvalue weighted by Crippen LogP contribution is -1.83. The van der Waals surface area contributed by atoms with Gasteiger partial charge >= 0.3 is 0 Å². The lowest BCUT2D eigenvalue weighted by atomic mass is 10.1. The van der Waals surface area contributed by atoms with Crippen molar-refractivity contribution in [2.75, 3.05) is 0 Å².